The molecule has 0 saturated heterocycles. The van der Waals surface area contributed by atoms with E-state index in [1.54, 1.807) is 20.8 Å². The Kier molecular flexibility index (Phi) is 5.42. The number of halogens is 2. The molecule has 1 aromatic carbocycles. The van der Waals surface area contributed by atoms with Crippen LogP contribution in [0.1, 0.15) is 31.9 Å². The maximum absolute atomic E-state index is 13.3. The number of nitriles is 1. The van der Waals surface area contributed by atoms with E-state index in [2.05, 4.69) is 5.32 Å². The third-order valence-corrected chi connectivity index (χ3v) is 2.25. The Balaban J connectivity index is 2.59. The minimum Gasteiger partial charge on any atom is -0.444 e. The second kappa shape index (κ2) is 6.84. The Bertz CT molecular complexity index is 576. The quantitative estimate of drug-likeness (QED) is 0.929. The van der Waals surface area contributed by atoms with Crippen LogP contribution in [0.3, 0.4) is 0 Å². The van der Waals surface area contributed by atoms with E-state index in [1.165, 1.54) is 18.2 Å². The van der Waals surface area contributed by atoms with Crippen molar-refractivity contribution in [3.05, 3.63) is 41.0 Å². The van der Waals surface area contributed by atoms with Crippen LogP contribution in [0.25, 0.3) is 6.08 Å². The fourth-order valence-electron chi connectivity index (χ4n) is 1.45. The molecule has 1 rings (SSSR count). The molecule has 4 nitrogen and oxygen atoms in total. The molecule has 0 spiro atoms. The monoisotopic (exact) mass is 294 g/mol. The second-order valence-electron chi connectivity index (χ2n) is 5.26. The highest BCUT2D eigenvalue weighted by atomic mass is 19.1. The average molecular weight is 294 g/mol. The predicted molar refractivity (Wildman–Crippen MR) is 74.3 cm³/mol. The van der Waals surface area contributed by atoms with Crippen LogP contribution in [0.15, 0.2) is 18.2 Å². The number of amides is 1. The molecule has 0 unspecified atom stereocenters. The van der Waals surface area contributed by atoms with E-state index in [0.29, 0.717) is 0 Å². The molecule has 1 amide bonds. The van der Waals surface area contributed by atoms with Gasteiger partial charge in [0.05, 0.1) is 0 Å². The summed E-state index contributed by atoms with van der Waals surface area (Å²) in [6.45, 7) is 5.37. The van der Waals surface area contributed by atoms with Gasteiger partial charge in [-0.3, -0.25) is 0 Å². The van der Waals surface area contributed by atoms with E-state index in [0.717, 1.165) is 12.1 Å². The molecule has 0 radical (unpaired) electrons. The summed E-state index contributed by atoms with van der Waals surface area (Å²) in [7, 11) is 0. The summed E-state index contributed by atoms with van der Waals surface area (Å²) >= 11 is 0. The minimum atomic E-state index is -0.919. The third kappa shape index (κ3) is 5.61. The van der Waals surface area contributed by atoms with Gasteiger partial charge in [-0.1, -0.05) is 12.2 Å². The third-order valence-electron chi connectivity index (χ3n) is 2.25. The molecule has 0 saturated carbocycles. The van der Waals surface area contributed by atoms with Crippen LogP contribution in [0.5, 0.6) is 0 Å². The lowest BCUT2D eigenvalue weighted by atomic mass is 10.1. The minimum absolute atomic E-state index is 0.151. The van der Waals surface area contributed by atoms with Gasteiger partial charge in [-0.25, -0.2) is 13.6 Å². The maximum atomic E-state index is 13.3. The number of hydrogen-bond donors (Lipinski definition) is 1. The number of nitrogens with zero attached hydrogens (tertiary/aromatic N) is 1. The number of nitrogens with one attached hydrogen (secondary N) is 1. The predicted octanol–water partition coefficient (Wildman–Crippen LogP) is 3.37. The van der Waals surface area contributed by atoms with Crippen molar-refractivity contribution in [2.75, 3.05) is 6.54 Å². The average Bonchev–Trinajstić information content (AvgIpc) is 2.32. The Labute approximate surface area is 122 Å². The molecule has 0 aliphatic carbocycles. The number of carbonyl (C=O) groups is 1. The van der Waals surface area contributed by atoms with E-state index < -0.39 is 28.9 Å². The van der Waals surface area contributed by atoms with Gasteiger partial charge in [0.2, 0.25) is 0 Å². The zero-order valence-corrected chi connectivity index (χ0v) is 12.0. The molecule has 0 aliphatic heterocycles. The molecule has 0 heterocycles. The van der Waals surface area contributed by atoms with Gasteiger partial charge in [0.15, 0.2) is 0 Å². The Morgan fingerprint density at radius 2 is 1.95 bits per heavy atom. The summed E-state index contributed by atoms with van der Waals surface area (Å²) in [6, 6.07) is 3.54. The molecular weight excluding hydrogens is 278 g/mol. The van der Waals surface area contributed by atoms with Crippen molar-refractivity contribution in [3.63, 3.8) is 0 Å². The first kappa shape index (κ1) is 16.6. The molecule has 0 aliphatic rings. The normalized spacial score (nSPS) is 11.2. The maximum Gasteiger partial charge on any atom is 0.407 e. The standard InChI is InChI=1S/C15H16F2N2O2/c1-15(2,3)21-14(20)19-6-4-5-10-7-12(16)11(9-18)13(17)8-10/h4-5,7-8H,6H2,1-3H3,(H,19,20). The van der Waals surface area contributed by atoms with Crippen LogP contribution in [0.2, 0.25) is 0 Å². The smallest absolute Gasteiger partial charge is 0.407 e. The number of hydrogen-bond acceptors (Lipinski definition) is 3. The summed E-state index contributed by atoms with van der Waals surface area (Å²) < 4.78 is 31.7. The lowest BCUT2D eigenvalue weighted by Gasteiger charge is -2.19. The fraction of sp³-hybridized carbons (Fsp3) is 0.333. The van der Waals surface area contributed by atoms with Crippen molar-refractivity contribution in [2.24, 2.45) is 0 Å². The van der Waals surface area contributed by atoms with Crippen molar-refractivity contribution < 1.29 is 18.3 Å². The summed E-state index contributed by atoms with van der Waals surface area (Å²) in [6.07, 6.45) is 2.37. The number of carbonyl (C=O) groups excluding carboxylic acids is 1. The van der Waals surface area contributed by atoms with E-state index in [4.69, 9.17) is 10.00 Å². The van der Waals surface area contributed by atoms with Crippen LogP contribution in [-0.2, 0) is 4.74 Å². The molecule has 0 aromatic heterocycles. The zero-order chi connectivity index (χ0) is 16.0. The van der Waals surface area contributed by atoms with Crippen molar-refractivity contribution in [1.29, 1.82) is 5.26 Å². The molecule has 112 valence electrons. The largest absolute Gasteiger partial charge is 0.444 e. The first-order valence-corrected chi connectivity index (χ1v) is 6.25. The van der Waals surface area contributed by atoms with E-state index in [9.17, 15) is 13.6 Å². The van der Waals surface area contributed by atoms with Crippen molar-refractivity contribution in [3.8, 4) is 6.07 Å². The molecule has 1 aromatic rings. The van der Waals surface area contributed by atoms with Gasteiger partial charge in [-0.15, -0.1) is 0 Å². The van der Waals surface area contributed by atoms with Gasteiger partial charge in [0, 0.05) is 6.54 Å². The Morgan fingerprint density at radius 3 is 2.43 bits per heavy atom. The fourth-order valence-corrected chi connectivity index (χ4v) is 1.45. The van der Waals surface area contributed by atoms with Crippen LogP contribution in [0, 0.1) is 23.0 Å². The lowest BCUT2D eigenvalue weighted by molar-refractivity contribution is 0.0534. The summed E-state index contributed by atoms with van der Waals surface area (Å²) in [5.74, 6) is -1.84. The first-order valence-electron chi connectivity index (χ1n) is 6.25. The van der Waals surface area contributed by atoms with Gasteiger partial charge in [0.1, 0.15) is 28.9 Å². The highest BCUT2D eigenvalue weighted by Crippen LogP contribution is 2.15. The lowest BCUT2D eigenvalue weighted by Crippen LogP contribution is -2.32. The molecule has 0 atom stereocenters. The van der Waals surface area contributed by atoms with Gasteiger partial charge < -0.3 is 10.1 Å². The zero-order valence-electron chi connectivity index (χ0n) is 12.0. The van der Waals surface area contributed by atoms with Crippen LogP contribution >= 0.6 is 0 Å². The van der Waals surface area contributed by atoms with E-state index in [1.807, 2.05) is 0 Å². The highest BCUT2D eigenvalue weighted by Gasteiger charge is 2.15. The van der Waals surface area contributed by atoms with Crippen molar-refractivity contribution in [1.82, 2.24) is 5.32 Å². The molecule has 1 N–H and O–H groups in total. The van der Waals surface area contributed by atoms with Gasteiger partial charge in [0.25, 0.3) is 0 Å². The van der Waals surface area contributed by atoms with Gasteiger partial charge >= 0.3 is 6.09 Å². The van der Waals surface area contributed by atoms with Crippen LogP contribution in [0.4, 0.5) is 13.6 Å². The first-order chi connectivity index (χ1) is 9.73. The molecule has 0 fully saturated rings. The molecular formula is C15H16F2N2O2. The SMILES string of the molecule is CC(C)(C)OC(=O)NCC=Cc1cc(F)c(C#N)c(F)c1. The summed E-state index contributed by atoms with van der Waals surface area (Å²) in [5.41, 5.74) is -0.943. The molecule has 0 bridgehead atoms. The number of benzene rings is 1. The second-order valence-corrected chi connectivity index (χ2v) is 5.26. The Hall–Kier alpha value is -2.42. The highest BCUT2D eigenvalue weighted by molar-refractivity contribution is 5.68. The van der Waals surface area contributed by atoms with Gasteiger partial charge in [-0.2, -0.15) is 5.26 Å². The number of alkyl carbamates (subject to hydrolysis) is 1. The van der Waals surface area contributed by atoms with Crippen LogP contribution < -0.4 is 5.32 Å². The van der Waals surface area contributed by atoms with E-state index >= 15 is 0 Å². The molecule has 6 heteroatoms. The summed E-state index contributed by atoms with van der Waals surface area (Å²) in [5, 5.41) is 11.0. The molecule has 21 heavy (non-hydrogen) atoms. The van der Waals surface area contributed by atoms with Crippen molar-refractivity contribution >= 4 is 12.2 Å². The number of ether oxygens (including phenoxy) is 1. The van der Waals surface area contributed by atoms with Gasteiger partial charge in [-0.05, 0) is 38.5 Å². The van der Waals surface area contributed by atoms with Crippen LogP contribution in [-0.4, -0.2) is 18.2 Å². The Morgan fingerprint density at radius 1 is 1.38 bits per heavy atom. The van der Waals surface area contributed by atoms with E-state index in [-0.39, 0.29) is 12.1 Å². The number of rotatable bonds is 3. The summed E-state index contributed by atoms with van der Waals surface area (Å²) in [4.78, 5) is 11.3. The topological polar surface area (TPSA) is 62.1 Å². The van der Waals surface area contributed by atoms with Crippen molar-refractivity contribution in [2.45, 2.75) is 26.4 Å².